The SMILES string of the molecule is CC(C)(C)OC(=O)NCCNC(=O)c1ccc(O[C@H]2CCOC2)nc1. The molecule has 8 nitrogen and oxygen atoms in total. The number of hydrogen-bond acceptors (Lipinski definition) is 6. The largest absolute Gasteiger partial charge is 0.472 e. The molecule has 1 aromatic heterocycles. The van der Waals surface area contributed by atoms with Gasteiger partial charge >= 0.3 is 6.09 Å². The van der Waals surface area contributed by atoms with Crippen molar-refractivity contribution in [2.75, 3.05) is 26.3 Å². The minimum atomic E-state index is -0.548. The first-order valence-corrected chi connectivity index (χ1v) is 8.29. The summed E-state index contributed by atoms with van der Waals surface area (Å²) in [4.78, 5) is 27.6. The molecule has 1 aliphatic heterocycles. The summed E-state index contributed by atoms with van der Waals surface area (Å²) < 4.78 is 16.0. The Morgan fingerprint density at radius 1 is 1.28 bits per heavy atom. The van der Waals surface area contributed by atoms with Crippen LogP contribution in [0.15, 0.2) is 18.3 Å². The maximum Gasteiger partial charge on any atom is 0.407 e. The lowest BCUT2D eigenvalue weighted by molar-refractivity contribution is 0.0526. The fourth-order valence-corrected chi connectivity index (χ4v) is 2.12. The number of amides is 2. The van der Waals surface area contributed by atoms with Crippen molar-refractivity contribution >= 4 is 12.0 Å². The van der Waals surface area contributed by atoms with Crippen LogP contribution < -0.4 is 15.4 Å². The lowest BCUT2D eigenvalue weighted by Gasteiger charge is -2.19. The van der Waals surface area contributed by atoms with E-state index < -0.39 is 11.7 Å². The zero-order valence-electron chi connectivity index (χ0n) is 14.8. The van der Waals surface area contributed by atoms with E-state index in [4.69, 9.17) is 14.2 Å². The minimum Gasteiger partial charge on any atom is -0.472 e. The number of hydrogen-bond donors (Lipinski definition) is 2. The van der Waals surface area contributed by atoms with E-state index in [1.54, 1.807) is 32.9 Å². The maximum absolute atomic E-state index is 12.0. The first-order valence-electron chi connectivity index (χ1n) is 8.29. The molecule has 2 N–H and O–H groups in total. The van der Waals surface area contributed by atoms with Crippen molar-refractivity contribution in [3.05, 3.63) is 23.9 Å². The quantitative estimate of drug-likeness (QED) is 0.754. The van der Waals surface area contributed by atoms with Crippen molar-refractivity contribution in [1.29, 1.82) is 0 Å². The van der Waals surface area contributed by atoms with E-state index in [1.165, 1.54) is 6.20 Å². The normalized spacial score (nSPS) is 17.0. The highest BCUT2D eigenvalue weighted by molar-refractivity contribution is 5.93. The van der Waals surface area contributed by atoms with Crippen LogP contribution in [0.1, 0.15) is 37.6 Å². The van der Waals surface area contributed by atoms with Gasteiger partial charge in [-0.2, -0.15) is 0 Å². The second-order valence-electron chi connectivity index (χ2n) is 6.67. The number of nitrogens with one attached hydrogen (secondary N) is 2. The number of rotatable bonds is 6. The lowest BCUT2D eigenvalue weighted by Crippen LogP contribution is -2.37. The minimum absolute atomic E-state index is 0.0195. The highest BCUT2D eigenvalue weighted by Crippen LogP contribution is 2.14. The predicted octanol–water partition coefficient (Wildman–Crippen LogP) is 1.50. The van der Waals surface area contributed by atoms with Crippen molar-refractivity contribution in [3.63, 3.8) is 0 Å². The van der Waals surface area contributed by atoms with Crippen LogP contribution in [0.3, 0.4) is 0 Å². The van der Waals surface area contributed by atoms with Crippen LogP contribution in [0.4, 0.5) is 4.79 Å². The van der Waals surface area contributed by atoms with E-state index in [2.05, 4.69) is 15.6 Å². The summed E-state index contributed by atoms with van der Waals surface area (Å²) in [5.41, 5.74) is -0.125. The van der Waals surface area contributed by atoms with Crippen molar-refractivity contribution in [2.45, 2.75) is 38.9 Å². The molecule has 2 amide bonds. The molecule has 1 fully saturated rings. The van der Waals surface area contributed by atoms with E-state index in [1.807, 2.05) is 0 Å². The van der Waals surface area contributed by atoms with Gasteiger partial charge in [0.2, 0.25) is 5.88 Å². The number of ether oxygens (including phenoxy) is 3. The molecular formula is C17H25N3O5. The molecule has 0 radical (unpaired) electrons. The monoisotopic (exact) mass is 351 g/mol. The summed E-state index contributed by atoms with van der Waals surface area (Å²) in [5.74, 6) is 0.202. The summed E-state index contributed by atoms with van der Waals surface area (Å²) in [5, 5.41) is 5.27. The van der Waals surface area contributed by atoms with Crippen LogP contribution >= 0.6 is 0 Å². The summed E-state index contributed by atoms with van der Waals surface area (Å²) >= 11 is 0. The molecule has 0 spiro atoms. The van der Waals surface area contributed by atoms with E-state index in [0.717, 1.165) is 6.42 Å². The van der Waals surface area contributed by atoms with Crippen molar-refractivity contribution in [2.24, 2.45) is 0 Å². The molecule has 0 bridgehead atoms. The zero-order valence-corrected chi connectivity index (χ0v) is 14.8. The molecule has 1 saturated heterocycles. The Morgan fingerprint density at radius 3 is 2.64 bits per heavy atom. The van der Waals surface area contributed by atoms with E-state index in [-0.39, 0.29) is 25.1 Å². The Morgan fingerprint density at radius 2 is 2.04 bits per heavy atom. The molecule has 0 unspecified atom stereocenters. The third kappa shape index (κ3) is 6.96. The Kier molecular flexibility index (Phi) is 6.58. The number of carbonyl (C=O) groups excluding carboxylic acids is 2. The first-order chi connectivity index (χ1) is 11.8. The second-order valence-corrected chi connectivity index (χ2v) is 6.67. The van der Waals surface area contributed by atoms with Crippen molar-refractivity contribution in [1.82, 2.24) is 15.6 Å². The highest BCUT2D eigenvalue weighted by Gasteiger charge is 2.18. The molecule has 1 aliphatic rings. The molecule has 138 valence electrons. The van der Waals surface area contributed by atoms with Crippen LogP contribution in [-0.4, -0.2) is 55.0 Å². The first kappa shape index (κ1) is 19.0. The molecule has 0 aliphatic carbocycles. The van der Waals surface area contributed by atoms with Gasteiger partial charge in [-0.1, -0.05) is 0 Å². The van der Waals surface area contributed by atoms with Gasteiger partial charge < -0.3 is 24.8 Å². The molecule has 1 atom stereocenters. The molecule has 2 heterocycles. The fourth-order valence-electron chi connectivity index (χ4n) is 2.12. The Balaban J connectivity index is 1.69. The van der Waals surface area contributed by atoms with Gasteiger partial charge in [0.05, 0.1) is 18.8 Å². The van der Waals surface area contributed by atoms with E-state index >= 15 is 0 Å². The smallest absolute Gasteiger partial charge is 0.407 e. The average Bonchev–Trinajstić information content (AvgIpc) is 3.03. The molecule has 1 aromatic rings. The van der Waals surface area contributed by atoms with E-state index in [0.29, 0.717) is 24.7 Å². The summed E-state index contributed by atoms with van der Waals surface area (Å²) in [6.07, 6.45) is 1.81. The maximum atomic E-state index is 12.0. The third-order valence-corrected chi connectivity index (χ3v) is 3.25. The molecule has 8 heteroatoms. The van der Waals surface area contributed by atoms with Crippen molar-refractivity contribution in [3.8, 4) is 5.88 Å². The molecule has 0 aromatic carbocycles. The molecule has 25 heavy (non-hydrogen) atoms. The Labute approximate surface area is 147 Å². The van der Waals surface area contributed by atoms with Gasteiger partial charge in [-0.15, -0.1) is 0 Å². The van der Waals surface area contributed by atoms with E-state index in [9.17, 15) is 9.59 Å². The van der Waals surface area contributed by atoms with Gasteiger partial charge in [-0.3, -0.25) is 4.79 Å². The summed E-state index contributed by atoms with van der Waals surface area (Å²) in [7, 11) is 0. The van der Waals surface area contributed by atoms with Crippen LogP contribution in [0.25, 0.3) is 0 Å². The molecule has 0 saturated carbocycles. The van der Waals surface area contributed by atoms with Crippen molar-refractivity contribution < 1.29 is 23.8 Å². The van der Waals surface area contributed by atoms with Gasteiger partial charge in [0, 0.05) is 31.8 Å². The highest BCUT2D eigenvalue weighted by atomic mass is 16.6. The number of carbonyl (C=O) groups is 2. The molecular weight excluding hydrogens is 326 g/mol. The summed E-state index contributed by atoms with van der Waals surface area (Å²) in [6.45, 7) is 7.18. The zero-order chi connectivity index (χ0) is 18.3. The lowest BCUT2D eigenvalue weighted by atomic mass is 10.2. The fraction of sp³-hybridized carbons (Fsp3) is 0.588. The Hall–Kier alpha value is -2.35. The standard InChI is InChI=1S/C17H25N3O5/c1-17(2,3)25-16(22)19-8-7-18-15(21)12-4-5-14(20-10-12)24-13-6-9-23-11-13/h4-5,10,13H,6-9,11H2,1-3H3,(H,18,21)(H,19,22)/t13-/m0/s1. The average molecular weight is 351 g/mol. The van der Waals surface area contributed by atoms with Crippen LogP contribution in [0, 0.1) is 0 Å². The van der Waals surface area contributed by atoms with Gasteiger partial charge in [0.25, 0.3) is 5.91 Å². The Bertz CT molecular complexity index is 577. The number of pyridine rings is 1. The predicted molar refractivity (Wildman–Crippen MR) is 90.7 cm³/mol. The van der Waals surface area contributed by atoms with Gasteiger partial charge in [0.15, 0.2) is 0 Å². The topological polar surface area (TPSA) is 98.8 Å². The number of nitrogens with zero attached hydrogens (tertiary/aromatic N) is 1. The van der Waals surface area contributed by atoms with Gasteiger partial charge in [0.1, 0.15) is 11.7 Å². The van der Waals surface area contributed by atoms with Gasteiger partial charge in [-0.05, 0) is 26.8 Å². The summed E-state index contributed by atoms with van der Waals surface area (Å²) in [6, 6.07) is 3.31. The second kappa shape index (κ2) is 8.66. The van der Waals surface area contributed by atoms with Crippen LogP contribution in [0.5, 0.6) is 5.88 Å². The third-order valence-electron chi connectivity index (χ3n) is 3.25. The van der Waals surface area contributed by atoms with Crippen LogP contribution in [0.2, 0.25) is 0 Å². The van der Waals surface area contributed by atoms with Gasteiger partial charge in [-0.25, -0.2) is 9.78 Å². The number of alkyl carbamates (subject to hydrolysis) is 1. The van der Waals surface area contributed by atoms with Crippen LogP contribution in [-0.2, 0) is 9.47 Å². The molecule has 2 rings (SSSR count). The number of aromatic nitrogens is 1.